The third-order valence-corrected chi connectivity index (χ3v) is 3.14. The van der Waals surface area contributed by atoms with E-state index in [1.165, 1.54) is 11.1 Å². The maximum atomic E-state index is 11.8. The molecule has 0 aromatic heterocycles. The molecule has 0 unspecified atom stereocenters. The molecule has 1 aromatic carbocycles. The van der Waals surface area contributed by atoms with Crippen LogP contribution in [0.5, 0.6) is 0 Å². The Kier molecular flexibility index (Phi) is 3.55. The Morgan fingerprint density at radius 3 is 2.39 bits per heavy atom. The predicted molar refractivity (Wildman–Crippen MR) is 80.5 cm³/mol. The van der Waals surface area contributed by atoms with Crippen LogP contribution < -0.4 is 5.32 Å². The van der Waals surface area contributed by atoms with Gasteiger partial charge in [-0.05, 0) is 29.2 Å². The smallest absolute Gasteiger partial charge is 0.226 e. The summed E-state index contributed by atoms with van der Waals surface area (Å²) < 4.78 is 0. The molecular weight excluding hydrogens is 222 g/mol. The molecule has 1 amide bonds. The number of allylic oxidation sites excluding steroid dienone is 2. The fourth-order valence-electron chi connectivity index (χ4n) is 1.77. The van der Waals surface area contributed by atoms with Crippen molar-refractivity contribution in [2.24, 2.45) is 5.92 Å². The first kappa shape index (κ1) is 12.9. The highest BCUT2D eigenvalue weighted by Crippen LogP contribution is 2.36. The van der Waals surface area contributed by atoms with Crippen molar-refractivity contribution in [2.45, 2.75) is 33.6 Å². The lowest BCUT2D eigenvalue weighted by Crippen LogP contribution is -2.18. The van der Waals surface area contributed by atoms with Gasteiger partial charge in [0.1, 0.15) is 0 Å². The van der Waals surface area contributed by atoms with E-state index in [1.807, 2.05) is 19.9 Å². The predicted octanol–water partition coefficient (Wildman–Crippen LogP) is 4.50. The van der Waals surface area contributed by atoms with E-state index in [9.17, 15) is 4.79 Å². The van der Waals surface area contributed by atoms with E-state index in [-0.39, 0.29) is 14.7 Å². The monoisotopic (exact) mass is 246 g/mol. The molecule has 0 atom stereocenters. The van der Waals surface area contributed by atoms with Gasteiger partial charge in [-0.1, -0.05) is 39.8 Å². The van der Waals surface area contributed by atoms with Crippen molar-refractivity contribution in [2.75, 3.05) is 5.32 Å². The molecular formula is C16H24NO. The Balaban J connectivity index is 0.00000180. The molecule has 2 rings (SSSR count). The van der Waals surface area contributed by atoms with E-state index in [1.54, 1.807) is 0 Å². The first-order chi connectivity index (χ1) is 8.49. The molecule has 2 nitrogen and oxygen atoms in total. The number of amides is 1. The van der Waals surface area contributed by atoms with E-state index < -0.39 is 0 Å². The van der Waals surface area contributed by atoms with Crippen molar-refractivity contribution in [3.05, 3.63) is 41.8 Å². The number of rotatable bonds is 4. The zero-order valence-corrected chi connectivity index (χ0v) is 11.4. The summed E-state index contributed by atoms with van der Waals surface area (Å²) in [5.41, 5.74) is 4.57. The van der Waals surface area contributed by atoms with Crippen LogP contribution >= 0.6 is 0 Å². The van der Waals surface area contributed by atoms with Gasteiger partial charge in [0, 0.05) is 26.4 Å². The Bertz CT molecular complexity index is 507. The lowest BCUT2D eigenvalue weighted by Gasteiger charge is -2.14. The van der Waals surface area contributed by atoms with Gasteiger partial charge in [-0.3, -0.25) is 4.79 Å². The minimum absolute atomic E-state index is 0. The van der Waals surface area contributed by atoms with Gasteiger partial charge in [0.2, 0.25) is 5.91 Å². The summed E-state index contributed by atoms with van der Waals surface area (Å²) in [6, 6.07) is 6.28. The zero-order valence-electron chi connectivity index (χ0n) is 11.4. The van der Waals surface area contributed by atoms with Gasteiger partial charge in [-0.2, -0.15) is 0 Å². The third-order valence-electron chi connectivity index (χ3n) is 3.14. The minimum Gasteiger partial charge on any atom is -0.325 e. The molecule has 0 aliphatic heterocycles. The standard InChI is InChI=1S/C16H20NO.2H2/c1-10(2)13-7-8-15(17-16(18)11(3)4)14(9-13)12-5-6-12;;/h5-11H,1-4H3,(H,17,18);2*1H. The van der Waals surface area contributed by atoms with E-state index in [4.69, 9.17) is 0 Å². The van der Waals surface area contributed by atoms with Crippen LogP contribution in [0.4, 0.5) is 5.69 Å². The van der Waals surface area contributed by atoms with Crippen molar-refractivity contribution in [3.63, 3.8) is 0 Å². The average molecular weight is 246 g/mol. The summed E-state index contributed by atoms with van der Waals surface area (Å²) in [7, 11) is 0. The first-order valence-corrected chi connectivity index (χ1v) is 6.49. The molecule has 1 aromatic rings. The maximum absolute atomic E-state index is 11.8. The second kappa shape index (κ2) is 4.97. The fraction of sp³-hybridized carbons (Fsp3) is 0.375. The lowest BCUT2D eigenvalue weighted by atomic mass is 9.98. The Labute approximate surface area is 112 Å². The Hall–Kier alpha value is -1.57. The third kappa shape index (κ3) is 2.81. The topological polar surface area (TPSA) is 29.1 Å². The van der Waals surface area contributed by atoms with E-state index in [2.05, 4.69) is 43.8 Å². The van der Waals surface area contributed by atoms with Crippen LogP contribution in [0.15, 0.2) is 24.3 Å². The van der Waals surface area contributed by atoms with E-state index in [0.717, 1.165) is 11.3 Å². The van der Waals surface area contributed by atoms with Gasteiger partial charge in [0.15, 0.2) is 0 Å². The number of nitrogens with one attached hydrogen (secondary N) is 1. The number of benzene rings is 1. The van der Waals surface area contributed by atoms with Gasteiger partial charge in [0.05, 0.1) is 0 Å². The molecule has 1 aliphatic carbocycles. The van der Waals surface area contributed by atoms with Crippen LogP contribution in [0.1, 0.15) is 47.6 Å². The normalized spacial score (nSPS) is 13.8. The van der Waals surface area contributed by atoms with Crippen LogP contribution in [0, 0.1) is 12.3 Å². The summed E-state index contributed by atoms with van der Waals surface area (Å²) in [6.07, 6.45) is 4.15. The SMILES string of the molecule is CC(C)C(=O)Nc1ccc(C(C)C)cc1C1=C[CH]1.[HH].[HH]. The molecule has 0 fully saturated rings. The number of carbonyl (C=O) groups is 1. The van der Waals surface area contributed by atoms with Crippen molar-refractivity contribution in [1.29, 1.82) is 0 Å². The van der Waals surface area contributed by atoms with Crippen molar-refractivity contribution >= 4 is 17.2 Å². The Morgan fingerprint density at radius 2 is 1.89 bits per heavy atom. The molecule has 99 valence electrons. The quantitative estimate of drug-likeness (QED) is 0.832. The first-order valence-electron chi connectivity index (χ1n) is 6.49. The lowest BCUT2D eigenvalue weighted by molar-refractivity contribution is -0.118. The molecule has 0 heterocycles. The summed E-state index contributed by atoms with van der Waals surface area (Å²) >= 11 is 0. The average Bonchev–Trinajstić information content (AvgIpc) is 3.12. The van der Waals surface area contributed by atoms with Gasteiger partial charge >= 0.3 is 0 Å². The van der Waals surface area contributed by atoms with Gasteiger partial charge < -0.3 is 5.32 Å². The van der Waals surface area contributed by atoms with Gasteiger partial charge in [-0.15, -0.1) is 0 Å². The maximum Gasteiger partial charge on any atom is 0.226 e. The number of anilines is 1. The number of carbonyl (C=O) groups excluding carboxylic acids is 1. The molecule has 0 spiro atoms. The van der Waals surface area contributed by atoms with E-state index >= 15 is 0 Å². The Morgan fingerprint density at radius 1 is 1.22 bits per heavy atom. The van der Waals surface area contributed by atoms with Gasteiger partial charge in [-0.25, -0.2) is 0 Å². The molecule has 1 aliphatic rings. The van der Waals surface area contributed by atoms with Crippen LogP contribution in [0.25, 0.3) is 5.57 Å². The highest BCUT2D eigenvalue weighted by atomic mass is 16.1. The molecule has 2 heteroatoms. The molecule has 0 saturated carbocycles. The molecule has 0 bridgehead atoms. The van der Waals surface area contributed by atoms with E-state index in [0.29, 0.717) is 5.92 Å². The minimum atomic E-state index is -0.000197. The second-order valence-electron chi connectivity index (χ2n) is 5.39. The van der Waals surface area contributed by atoms with Gasteiger partial charge in [0.25, 0.3) is 0 Å². The summed E-state index contributed by atoms with van der Waals surface area (Å²) in [6.45, 7) is 8.16. The molecule has 1 N–H and O–H groups in total. The molecule has 0 saturated heterocycles. The number of hydrogen-bond donors (Lipinski definition) is 1. The van der Waals surface area contributed by atoms with Crippen molar-refractivity contribution in [3.8, 4) is 0 Å². The zero-order chi connectivity index (χ0) is 13.3. The van der Waals surface area contributed by atoms with Crippen LogP contribution in [0.2, 0.25) is 0 Å². The fourth-order valence-corrected chi connectivity index (χ4v) is 1.77. The van der Waals surface area contributed by atoms with Crippen LogP contribution in [-0.4, -0.2) is 5.91 Å². The largest absolute Gasteiger partial charge is 0.325 e. The molecule has 1 radical (unpaired) electrons. The summed E-state index contributed by atoms with van der Waals surface area (Å²) in [4.78, 5) is 11.8. The highest BCUT2D eigenvalue weighted by molar-refractivity contribution is 5.99. The second-order valence-corrected chi connectivity index (χ2v) is 5.39. The van der Waals surface area contributed by atoms with Crippen LogP contribution in [-0.2, 0) is 4.79 Å². The highest BCUT2D eigenvalue weighted by Gasteiger charge is 2.18. The summed E-state index contributed by atoms with van der Waals surface area (Å²) in [5.74, 6) is 0.563. The van der Waals surface area contributed by atoms with Crippen molar-refractivity contribution in [1.82, 2.24) is 0 Å². The molecule has 18 heavy (non-hydrogen) atoms. The van der Waals surface area contributed by atoms with Crippen LogP contribution in [0.3, 0.4) is 0 Å². The number of hydrogen-bond acceptors (Lipinski definition) is 1. The van der Waals surface area contributed by atoms with Crippen molar-refractivity contribution < 1.29 is 7.65 Å². The summed E-state index contributed by atoms with van der Waals surface area (Å²) in [5, 5.41) is 3.00.